The number of benzene rings is 1. The van der Waals surface area contributed by atoms with Gasteiger partial charge in [0.25, 0.3) is 5.56 Å². The zero-order chi connectivity index (χ0) is 17.7. The van der Waals surface area contributed by atoms with Gasteiger partial charge in [0.05, 0.1) is 12.2 Å². The third kappa shape index (κ3) is 4.70. The lowest BCUT2D eigenvalue weighted by atomic mass is 10.2. The van der Waals surface area contributed by atoms with Crippen molar-refractivity contribution >= 4 is 14.0 Å². The molecular formula is C19H21NO3Si. The van der Waals surface area contributed by atoms with E-state index >= 15 is 0 Å². The van der Waals surface area contributed by atoms with Gasteiger partial charge in [-0.2, -0.15) is 0 Å². The first kappa shape index (κ1) is 17.8. The number of nitrogens with zero attached hydrogens (tertiary/aromatic N) is 1. The van der Waals surface area contributed by atoms with Crippen molar-refractivity contribution in [1.82, 2.24) is 4.57 Å². The van der Waals surface area contributed by atoms with Gasteiger partial charge in [-0.15, -0.1) is 5.54 Å². The molecule has 0 amide bonds. The third-order valence-electron chi connectivity index (χ3n) is 3.13. The second kappa shape index (κ2) is 7.32. The molecule has 24 heavy (non-hydrogen) atoms. The van der Waals surface area contributed by atoms with Crippen LogP contribution in [-0.2, 0) is 4.74 Å². The lowest BCUT2D eigenvalue weighted by molar-refractivity contribution is 0.0525. The lowest BCUT2D eigenvalue weighted by Crippen LogP contribution is -2.19. The van der Waals surface area contributed by atoms with Crippen LogP contribution in [0.2, 0.25) is 19.6 Å². The van der Waals surface area contributed by atoms with Gasteiger partial charge < -0.3 is 4.74 Å². The normalized spacial score (nSPS) is 10.7. The number of carbonyl (C=O) groups excluding carboxylic acids is 1. The summed E-state index contributed by atoms with van der Waals surface area (Å²) >= 11 is 0. The summed E-state index contributed by atoms with van der Waals surface area (Å²) in [6, 6.07) is 10.3. The number of ether oxygens (including phenoxy) is 1. The van der Waals surface area contributed by atoms with E-state index < -0.39 is 14.0 Å². The number of esters is 1. The van der Waals surface area contributed by atoms with Crippen molar-refractivity contribution in [2.75, 3.05) is 6.61 Å². The maximum Gasteiger partial charge on any atom is 0.339 e. The first-order valence-electron chi connectivity index (χ1n) is 7.83. The summed E-state index contributed by atoms with van der Waals surface area (Å²) in [4.78, 5) is 24.0. The van der Waals surface area contributed by atoms with Crippen molar-refractivity contribution in [3.8, 4) is 17.2 Å². The van der Waals surface area contributed by atoms with E-state index in [0.29, 0.717) is 17.9 Å². The highest BCUT2D eigenvalue weighted by atomic mass is 28.3. The number of carbonyl (C=O) groups is 1. The summed E-state index contributed by atoms with van der Waals surface area (Å²) in [5, 5.41) is 0. The molecule has 1 aromatic carbocycles. The Kier molecular flexibility index (Phi) is 5.42. The van der Waals surface area contributed by atoms with Gasteiger partial charge in [0.15, 0.2) is 0 Å². The summed E-state index contributed by atoms with van der Waals surface area (Å²) < 4.78 is 6.42. The number of hydrogen-bond donors (Lipinski definition) is 0. The molecule has 0 fully saturated rings. The van der Waals surface area contributed by atoms with Crippen LogP contribution in [0.15, 0.2) is 47.4 Å². The summed E-state index contributed by atoms with van der Waals surface area (Å²) in [5.41, 5.74) is 4.96. The van der Waals surface area contributed by atoms with Crippen LogP contribution in [0.4, 0.5) is 0 Å². The molecule has 0 saturated carbocycles. The molecule has 0 N–H and O–H groups in total. The fourth-order valence-corrected chi connectivity index (χ4v) is 2.54. The maximum atomic E-state index is 12.2. The molecule has 2 aromatic rings. The Morgan fingerprint density at radius 3 is 2.62 bits per heavy atom. The molecule has 1 aromatic heterocycles. The van der Waals surface area contributed by atoms with Gasteiger partial charge in [0, 0.05) is 23.5 Å². The van der Waals surface area contributed by atoms with Crippen LogP contribution in [0, 0.1) is 11.5 Å². The van der Waals surface area contributed by atoms with Gasteiger partial charge in [0.2, 0.25) is 0 Å². The summed E-state index contributed by atoms with van der Waals surface area (Å²) in [6.45, 7) is 8.57. The second-order valence-corrected chi connectivity index (χ2v) is 11.1. The highest BCUT2D eigenvalue weighted by Crippen LogP contribution is 2.10. The zero-order valence-electron chi connectivity index (χ0n) is 14.4. The van der Waals surface area contributed by atoms with Crippen LogP contribution in [-0.4, -0.2) is 25.2 Å². The molecule has 0 saturated heterocycles. The topological polar surface area (TPSA) is 48.3 Å². The molecule has 2 rings (SSSR count). The number of pyridine rings is 1. The van der Waals surface area contributed by atoms with E-state index in [0.717, 1.165) is 5.56 Å². The quantitative estimate of drug-likeness (QED) is 0.490. The van der Waals surface area contributed by atoms with Gasteiger partial charge in [-0.3, -0.25) is 9.36 Å². The maximum absolute atomic E-state index is 12.2. The van der Waals surface area contributed by atoms with E-state index in [-0.39, 0.29) is 5.56 Å². The molecule has 0 aliphatic heterocycles. The minimum absolute atomic E-state index is 0.210. The van der Waals surface area contributed by atoms with E-state index in [1.165, 1.54) is 22.9 Å². The Morgan fingerprint density at radius 1 is 1.21 bits per heavy atom. The van der Waals surface area contributed by atoms with Crippen molar-refractivity contribution in [1.29, 1.82) is 0 Å². The molecular weight excluding hydrogens is 318 g/mol. The Bertz CT molecular complexity index is 866. The van der Waals surface area contributed by atoms with Crippen LogP contribution in [0.5, 0.6) is 0 Å². The standard InChI is InChI=1S/C19H21NO3Si/c1-5-23-19(22)16-9-10-18(21)20(14-16)17-8-6-7-15(13-17)11-12-24(2,3)4/h6-10,13-14H,5H2,1-4H3. The van der Waals surface area contributed by atoms with Gasteiger partial charge in [-0.1, -0.05) is 31.6 Å². The van der Waals surface area contributed by atoms with Crippen molar-refractivity contribution in [2.45, 2.75) is 26.6 Å². The predicted octanol–water partition coefficient (Wildman–Crippen LogP) is 3.24. The van der Waals surface area contributed by atoms with E-state index in [2.05, 4.69) is 31.1 Å². The predicted molar refractivity (Wildman–Crippen MR) is 98.2 cm³/mol. The molecule has 0 aliphatic rings. The van der Waals surface area contributed by atoms with Gasteiger partial charge in [0.1, 0.15) is 8.07 Å². The van der Waals surface area contributed by atoms with Crippen LogP contribution in [0.3, 0.4) is 0 Å². The van der Waals surface area contributed by atoms with E-state index in [4.69, 9.17) is 4.74 Å². The smallest absolute Gasteiger partial charge is 0.339 e. The molecule has 0 unspecified atom stereocenters. The van der Waals surface area contributed by atoms with Crippen LogP contribution < -0.4 is 5.56 Å². The SMILES string of the molecule is CCOC(=O)c1ccc(=O)n(-c2cccc(C#C[Si](C)(C)C)c2)c1. The van der Waals surface area contributed by atoms with Crippen LogP contribution >= 0.6 is 0 Å². The molecule has 0 spiro atoms. The molecule has 124 valence electrons. The zero-order valence-corrected chi connectivity index (χ0v) is 15.4. The van der Waals surface area contributed by atoms with E-state index in [9.17, 15) is 9.59 Å². The average molecular weight is 339 g/mol. The molecule has 5 heteroatoms. The second-order valence-electron chi connectivity index (χ2n) is 6.40. The molecule has 4 nitrogen and oxygen atoms in total. The van der Waals surface area contributed by atoms with E-state index in [1.54, 1.807) is 6.92 Å². The van der Waals surface area contributed by atoms with Crippen LogP contribution in [0.1, 0.15) is 22.8 Å². The van der Waals surface area contributed by atoms with Crippen molar-refractivity contribution in [3.05, 3.63) is 64.1 Å². The summed E-state index contributed by atoms with van der Waals surface area (Å²) in [5.74, 6) is 2.73. The minimum atomic E-state index is -1.47. The average Bonchev–Trinajstić information content (AvgIpc) is 2.53. The minimum Gasteiger partial charge on any atom is -0.462 e. The van der Waals surface area contributed by atoms with Gasteiger partial charge in [-0.25, -0.2) is 4.79 Å². The van der Waals surface area contributed by atoms with Crippen molar-refractivity contribution in [2.24, 2.45) is 0 Å². The highest BCUT2D eigenvalue weighted by molar-refractivity contribution is 6.83. The Balaban J connectivity index is 2.45. The largest absolute Gasteiger partial charge is 0.462 e. The number of aromatic nitrogens is 1. The monoisotopic (exact) mass is 339 g/mol. The third-order valence-corrected chi connectivity index (χ3v) is 4.00. The number of hydrogen-bond acceptors (Lipinski definition) is 3. The molecule has 0 atom stereocenters. The Labute approximate surface area is 143 Å². The highest BCUT2D eigenvalue weighted by Gasteiger charge is 2.10. The van der Waals surface area contributed by atoms with Crippen LogP contribution in [0.25, 0.3) is 5.69 Å². The number of rotatable bonds is 3. The first-order valence-corrected chi connectivity index (χ1v) is 11.3. The lowest BCUT2D eigenvalue weighted by Gasteiger charge is -2.09. The van der Waals surface area contributed by atoms with Crippen molar-refractivity contribution in [3.63, 3.8) is 0 Å². The van der Waals surface area contributed by atoms with Crippen molar-refractivity contribution < 1.29 is 9.53 Å². The molecule has 0 bridgehead atoms. The molecule has 1 heterocycles. The fraction of sp³-hybridized carbons (Fsp3) is 0.263. The summed E-state index contributed by atoms with van der Waals surface area (Å²) in [6.07, 6.45) is 1.51. The van der Waals surface area contributed by atoms with Gasteiger partial charge in [-0.05, 0) is 31.2 Å². The Hall–Kier alpha value is -2.58. The molecule has 0 aliphatic carbocycles. The van der Waals surface area contributed by atoms with E-state index in [1.807, 2.05) is 24.3 Å². The molecule has 0 radical (unpaired) electrons. The first-order chi connectivity index (χ1) is 11.3. The summed E-state index contributed by atoms with van der Waals surface area (Å²) in [7, 11) is -1.47. The Morgan fingerprint density at radius 2 is 1.96 bits per heavy atom. The fourth-order valence-electron chi connectivity index (χ4n) is 2.02. The van der Waals surface area contributed by atoms with Gasteiger partial charge >= 0.3 is 5.97 Å².